The lowest BCUT2D eigenvalue weighted by Gasteiger charge is -2.36. The molecular formula is C14H23ClN4O. The van der Waals surface area contributed by atoms with Crippen molar-refractivity contribution < 1.29 is 0 Å². The van der Waals surface area contributed by atoms with Crippen LogP contribution in [0.4, 0.5) is 5.69 Å². The van der Waals surface area contributed by atoms with Crippen molar-refractivity contribution in [2.45, 2.75) is 45.7 Å². The minimum Gasteiger partial charge on any atom is -0.377 e. The van der Waals surface area contributed by atoms with Crippen molar-refractivity contribution in [1.82, 2.24) is 15.1 Å². The number of nitrogens with zero attached hydrogens (tertiary/aromatic N) is 2. The minimum absolute atomic E-state index is 0.0345. The van der Waals surface area contributed by atoms with Gasteiger partial charge >= 0.3 is 0 Å². The van der Waals surface area contributed by atoms with Crippen LogP contribution in [0, 0.1) is 5.92 Å². The van der Waals surface area contributed by atoms with E-state index in [1.807, 2.05) is 13.8 Å². The molecule has 0 spiro atoms. The van der Waals surface area contributed by atoms with Gasteiger partial charge in [-0.05, 0) is 38.8 Å². The van der Waals surface area contributed by atoms with Gasteiger partial charge in [0, 0.05) is 12.1 Å². The van der Waals surface area contributed by atoms with E-state index in [4.69, 9.17) is 11.6 Å². The van der Waals surface area contributed by atoms with Crippen LogP contribution in [0.1, 0.15) is 33.6 Å². The summed E-state index contributed by atoms with van der Waals surface area (Å²) in [5.41, 5.74) is 0.386. The second-order valence-electron chi connectivity index (χ2n) is 6.19. The number of hydrogen-bond acceptors (Lipinski definition) is 4. The van der Waals surface area contributed by atoms with E-state index in [0.717, 1.165) is 25.9 Å². The van der Waals surface area contributed by atoms with E-state index in [2.05, 4.69) is 22.7 Å². The van der Waals surface area contributed by atoms with Crippen LogP contribution in [0.2, 0.25) is 5.02 Å². The number of piperidine rings is 1. The highest BCUT2D eigenvalue weighted by atomic mass is 35.5. The molecule has 0 amide bonds. The van der Waals surface area contributed by atoms with E-state index >= 15 is 0 Å². The molecule has 0 aromatic carbocycles. The summed E-state index contributed by atoms with van der Waals surface area (Å²) in [7, 11) is 0. The molecule has 0 saturated carbocycles. The largest absolute Gasteiger partial charge is 0.377 e. The Kier molecular flexibility index (Phi) is 4.70. The van der Waals surface area contributed by atoms with Crippen LogP contribution in [0.15, 0.2) is 11.0 Å². The molecule has 2 rings (SSSR count). The lowest BCUT2D eigenvalue weighted by Crippen LogP contribution is -2.45. The van der Waals surface area contributed by atoms with E-state index in [1.54, 1.807) is 6.20 Å². The zero-order valence-corrected chi connectivity index (χ0v) is 13.1. The molecule has 2 heterocycles. The Balaban J connectivity index is 2.21. The van der Waals surface area contributed by atoms with Crippen molar-refractivity contribution in [2.75, 3.05) is 18.4 Å². The van der Waals surface area contributed by atoms with Crippen molar-refractivity contribution in [2.24, 2.45) is 5.92 Å². The average molecular weight is 299 g/mol. The van der Waals surface area contributed by atoms with Crippen molar-refractivity contribution in [3.8, 4) is 0 Å². The summed E-state index contributed by atoms with van der Waals surface area (Å²) < 4.78 is 1.43. The van der Waals surface area contributed by atoms with Gasteiger partial charge < -0.3 is 10.6 Å². The third kappa shape index (κ3) is 3.52. The highest BCUT2D eigenvalue weighted by molar-refractivity contribution is 6.32. The molecule has 1 saturated heterocycles. The monoisotopic (exact) mass is 298 g/mol. The maximum Gasteiger partial charge on any atom is 0.287 e. The van der Waals surface area contributed by atoms with E-state index < -0.39 is 0 Å². The van der Waals surface area contributed by atoms with Crippen LogP contribution in [0.3, 0.4) is 0 Å². The molecule has 0 unspecified atom stereocenters. The second kappa shape index (κ2) is 6.14. The van der Waals surface area contributed by atoms with Gasteiger partial charge in [-0.3, -0.25) is 4.79 Å². The predicted octanol–water partition coefficient (Wildman–Crippen LogP) is 2.11. The van der Waals surface area contributed by atoms with Crippen LogP contribution < -0.4 is 16.2 Å². The van der Waals surface area contributed by atoms with Crippen molar-refractivity contribution in [3.05, 3.63) is 21.6 Å². The normalized spacial score (nSPS) is 18.2. The minimum atomic E-state index is -0.220. The summed E-state index contributed by atoms with van der Waals surface area (Å²) in [6, 6.07) is 0. The second-order valence-corrected chi connectivity index (χ2v) is 6.57. The first kappa shape index (κ1) is 15.3. The molecule has 0 aliphatic carbocycles. The predicted molar refractivity (Wildman–Crippen MR) is 82.5 cm³/mol. The Morgan fingerprint density at radius 3 is 2.75 bits per heavy atom. The van der Waals surface area contributed by atoms with Gasteiger partial charge in [-0.25, -0.2) is 4.68 Å². The maximum absolute atomic E-state index is 12.2. The third-order valence-electron chi connectivity index (χ3n) is 3.67. The fourth-order valence-electron chi connectivity index (χ4n) is 2.46. The quantitative estimate of drug-likeness (QED) is 0.894. The first-order valence-electron chi connectivity index (χ1n) is 7.16. The summed E-state index contributed by atoms with van der Waals surface area (Å²) in [5.74, 6) is 0.358. The topological polar surface area (TPSA) is 59.0 Å². The van der Waals surface area contributed by atoms with E-state index in [1.165, 1.54) is 4.68 Å². The number of halogens is 1. The molecule has 1 fully saturated rings. The first-order valence-corrected chi connectivity index (χ1v) is 7.53. The molecule has 2 N–H and O–H groups in total. The van der Waals surface area contributed by atoms with Gasteiger partial charge in [-0.15, -0.1) is 0 Å². The highest BCUT2D eigenvalue weighted by Crippen LogP contribution is 2.26. The van der Waals surface area contributed by atoms with Crippen LogP contribution in [-0.2, 0) is 6.54 Å². The molecule has 112 valence electrons. The number of nitrogens with one attached hydrogen (secondary N) is 2. The zero-order chi connectivity index (χ0) is 14.8. The third-order valence-corrected chi connectivity index (χ3v) is 4.03. The summed E-state index contributed by atoms with van der Waals surface area (Å²) in [4.78, 5) is 12.2. The zero-order valence-electron chi connectivity index (χ0n) is 12.4. The SMILES string of the molecule is CC(C)Cn1ncc(NC2(C)CCNCC2)c(Cl)c1=O. The summed E-state index contributed by atoms with van der Waals surface area (Å²) in [5, 5.41) is 11.2. The van der Waals surface area contributed by atoms with Crippen LogP contribution in [-0.4, -0.2) is 28.4 Å². The van der Waals surface area contributed by atoms with E-state index in [0.29, 0.717) is 18.2 Å². The molecule has 1 aliphatic rings. The number of rotatable bonds is 4. The van der Waals surface area contributed by atoms with Crippen LogP contribution in [0.25, 0.3) is 0 Å². The molecule has 1 aromatic heterocycles. The molecule has 5 nitrogen and oxygen atoms in total. The van der Waals surface area contributed by atoms with Gasteiger partial charge in [-0.2, -0.15) is 5.10 Å². The maximum atomic E-state index is 12.2. The van der Waals surface area contributed by atoms with Crippen LogP contribution in [0.5, 0.6) is 0 Å². The standard InChI is InChI=1S/C14H23ClN4O/c1-10(2)9-19-13(20)12(15)11(8-17-19)18-14(3)4-6-16-7-5-14/h8,10,16,18H,4-7,9H2,1-3H3. The average Bonchev–Trinajstić information content (AvgIpc) is 2.39. The fraction of sp³-hybridized carbons (Fsp3) is 0.714. The summed E-state index contributed by atoms with van der Waals surface area (Å²) >= 11 is 6.21. The van der Waals surface area contributed by atoms with E-state index in [9.17, 15) is 4.79 Å². The molecule has 0 radical (unpaired) electrons. The number of hydrogen-bond donors (Lipinski definition) is 2. The Bertz CT molecular complexity index is 520. The summed E-state index contributed by atoms with van der Waals surface area (Å²) in [6.07, 6.45) is 3.66. The number of aromatic nitrogens is 2. The highest BCUT2D eigenvalue weighted by Gasteiger charge is 2.27. The molecule has 1 aliphatic heterocycles. The Hall–Kier alpha value is -1.07. The van der Waals surface area contributed by atoms with Crippen LogP contribution >= 0.6 is 11.6 Å². The Morgan fingerprint density at radius 1 is 1.50 bits per heavy atom. The van der Waals surface area contributed by atoms with Gasteiger partial charge in [-0.1, -0.05) is 25.4 Å². The van der Waals surface area contributed by atoms with Gasteiger partial charge in [0.1, 0.15) is 5.02 Å². The lowest BCUT2D eigenvalue weighted by atomic mass is 9.90. The first-order chi connectivity index (χ1) is 9.41. The van der Waals surface area contributed by atoms with Crippen molar-refractivity contribution in [1.29, 1.82) is 0 Å². The van der Waals surface area contributed by atoms with Gasteiger partial charge in [0.25, 0.3) is 5.56 Å². The van der Waals surface area contributed by atoms with Gasteiger partial charge in [0.05, 0.1) is 11.9 Å². The van der Waals surface area contributed by atoms with Crippen molar-refractivity contribution >= 4 is 17.3 Å². The number of anilines is 1. The smallest absolute Gasteiger partial charge is 0.287 e. The molecule has 20 heavy (non-hydrogen) atoms. The Labute approximate surface area is 124 Å². The fourth-order valence-corrected chi connectivity index (χ4v) is 2.65. The molecule has 1 aromatic rings. The van der Waals surface area contributed by atoms with Crippen molar-refractivity contribution in [3.63, 3.8) is 0 Å². The molecule has 6 heteroatoms. The molecular weight excluding hydrogens is 276 g/mol. The lowest BCUT2D eigenvalue weighted by molar-refractivity contribution is 0.364. The van der Waals surface area contributed by atoms with Gasteiger partial charge in [0.15, 0.2) is 0 Å². The summed E-state index contributed by atoms with van der Waals surface area (Å²) in [6.45, 7) is 8.77. The Morgan fingerprint density at radius 2 is 2.15 bits per heavy atom. The van der Waals surface area contributed by atoms with E-state index in [-0.39, 0.29) is 16.1 Å². The molecule has 0 atom stereocenters. The molecule has 0 bridgehead atoms. The van der Waals surface area contributed by atoms with Gasteiger partial charge in [0.2, 0.25) is 0 Å².